The van der Waals surface area contributed by atoms with Gasteiger partial charge in [0.25, 0.3) is 0 Å². The molecule has 0 bridgehead atoms. The van der Waals surface area contributed by atoms with Gasteiger partial charge in [-0.05, 0) is 17.7 Å². The predicted molar refractivity (Wildman–Crippen MR) is 103 cm³/mol. The second kappa shape index (κ2) is 7.85. The summed E-state index contributed by atoms with van der Waals surface area (Å²) in [6.07, 6.45) is 2.10. The maximum Gasteiger partial charge on any atom is 0.204 e. The number of halogens is 1. The number of benzene rings is 2. The predicted octanol–water partition coefficient (Wildman–Crippen LogP) is 3.57. The molecule has 0 radical (unpaired) electrons. The number of morpholine rings is 1. The minimum absolute atomic E-state index is 0.679. The van der Waals surface area contributed by atoms with E-state index in [0.717, 1.165) is 48.3 Å². The highest BCUT2D eigenvalue weighted by atomic mass is 35.5. The lowest BCUT2D eigenvalue weighted by Crippen LogP contribution is -2.43. The van der Waals surface area contributed by atoms with Crippen molar-refractivity contribution in [1.29, 1.82) is 0 Å². The zero-order valence-corrected chi connectivity index (χ0v) is 15.3. The molecule has 132 valence electrons. The van der Waals surface area contributed by atoms with Gasteiger partial charge in [0.2, 0.25) is 6.20 Å². The van der Waals surface area contributed by atoms with E-state index in [-0.39, 0.29) is 0 Å². The molecule has 4 nitrogen and oxygen atoms in total. The molecule has 4 rings (SSSR count). The molecule has 1 fully saturated rings. The Kier molecular flexibility index (Phi) is 5.14. The molecule has 0 N–H and O–H groups in total. The normalized spacial score (nSPS) is 14.4. The molecule has 0 saturated carbocycles. The highest BCUT2D eigenvalue weighted by Gasteiger charge is 2.19. The Morgan fingerprint density at radius 1 is 0.962 bits per heavy atom. The number of rotatable bonds is 4. The van der Waals surface area contributed by atoms with Gasteiger partial charge in [-0.3, -0.25) is 0 Å². The lowest BCUT2D eigenvalue weighted by Gasteiger charge is -2.26. The van der Waals surface area contributed by atoms with Crippen LogP contribution in [0.1, 0.15) is 5.56 Å². The van der Waals surface area contributed by atoms with Gasteiger partial charge in [-0.25, -0.2) is 0 Å². The second-order valence-electron chi connectivity index (χ2n) is 6.38. The second-order valence-corrected chi connectivity index (χ2v) is 6.82. The zero-order valence-electron chi connectivity index (χ0n) is 14.5. The third-order valence-electron chi connectivity index (χ3n) is 4.48. The molecule has 3 aromatic rings. The first-order chi connectivity index (χ1) is 12.8. The molecule has 1 aromatic heterocycles. The number of anilines is 1. The van der Waals surface area contributed by atoms with Gasteiger partial charge in [0.1, 0.15) is 0 Å². The van der Waals surface area contributed by atoms with Crippen LogP contribution in [0.5, 0.6) is 0 Å². The zero-order chi connectivity index (χ0) is 17.8. The molecular weight excluding hydrogens is 346 g/mol. The van der Waals surface area contributed by atoms with Crippen molar-refractivity contribution in [2.75, 3.05) is 31.2 Å². The lowest BCUT2D eigenvalue weighted by molar-refractivity contribution is -0.744. The Labute approximate surface area is 158 Å². The summed E-state index contributed by atoms with van der Waals surface area (Å²) in [4.78, 5) is 2.28. The number of ether oxygens (including phenoxy) is 1. The molecule has 0 spiro atoms. The maximum absolute atomic E-state index is 6.14. The number of aromatic nitrogens is 2. The van der Waals surface area contributed by atoms with Gasteiger partial charge in [0.15, 0.2) is 12.4 Å². The van der Waals surface area contributed by atoms with Crippen molar-refractivity contribution in [3.05, 3.63) is 77.4 Å². The van der Waals surface area contributed by atoms with Gasteiger partial charge in [-0.2, -0.15) is 0 Å². The van der Waals surface area contributed by atoms with E-state index in [2.05, 4.69) is 47.5 Å². The molecule has 2 aromatic carbocycles. The van der Waals surface area contributed by atoms with E-state index < -0.39 is 0 Å². The minimum Gasteiger partial charge on any atom is -0.378 e. The van der Waals surface area contributed by atoms with Crippen LogP contribution in [-0.4, -0.2) is 31.4 Å². The fourth-order valence-corrected chi connectivity index (χ4v) is 3.38. The highest BCUT2D eigenvalue weighted by molar-refractivity contribution is 6.30. The molecule has 5 heteroatoms. The maximum atomic E-state index is 6.14. The molecule has 0 aliphatic carbocycles. The van der Waals surface area contributed by atoms with Crippen LogP contribution in [-0.2, 0) is 11.3 Å². The molecule has 0 atom stereocenters. The summed E-state index contributed by atoms with van der Waals surface area (Å²) in [5, 5.41) is 5.60. The first kappa shape index (κ1) is 17.0. The molecule has 2 heterocycles. The topological polar surface area (TPSA) is 29.2 Å². The fourth-order valence-electron chi connectivity index (χ4n) is 3.17. The number of hydrogen-bond donors (Lipinski definition) is 0. The summed E-state index contributed by atoms with van der Waals surface area (Å²) in [6.45, 7) is 3.89. The highest BCUT2D eigenvalue weighted by Crippen LogP contribution is 2.22. The van der Waals surface area contributed by atoms with E-state index in [1.165, 1.54) is 5.56 Å². The average Bonchev–Trinajstić information content (AvgIpc) is 2.69. The van der Waals surface area contributed by atoms with E-state index >= 15 is 0 Å². The monoisotopic (exact) mass is 366 g/mol. The Morgan fingerprint density at radius 3 is 2.54 bits per heavy atom. The molecule has 1 saturated heterocycles. The van der Waals surface area contributed by atoms with Crippen molar-refractivity contribution < 1.29 is 9.42 Å². The number of hydrogen-bond acceptors (Lipinski definition) is 3. The summed E-state index contributed by atoms with van der Waals surface area (Å²) < 4.78 is 7.48. The van der Waals surface area contributed by atoms with Crippen molar-refractivity contribution in [3.63, 3.8) is 0 Å². The molecule has 1 aliphatic rings. The van der Waals surface area contributed by atoms with Crippen LogP contribution < -0.4 is 9.58 Å². The molecule has 0 unspecified atom stereocenters. The summed E-state index contributed by atoms with van der Waals surface area (Å²) >= 11 is 6.14. The van der Waals surface area contributed by atoms with Gasteiger partial charge >= 0.3 is 0 Å². The van der Waals surface area contributed by atoms with Crippen LogP contribution >= 0.6 is 11.6 Å². The van der Waals surface area contributed by atoms with E-state index in [9.17, 15) is 0 Å². The largest absolute Gasteiger partial charge is 0.378 e. The first-order valence-corrected chi connectivity index (χ1v) is 9.20. The molecule has 26 heavy (non-hydrogen) atoms. The third kappa shape index (κ3) is 4.03. The first-order valence-electron chi connectivity index (χ1n) is 8.82. The van der Waals surface area contributed by atoms with Crippen LogP contribution in [0.4, 0.5) is 5.82 Å². The number of nitrogens with zero attached hydrogens (tertiary/aromatic N) is 3. The fraction of sp³-hybridized carbons (Fsp3) is 0.238. The van der Waals surface area contributed by atoms with Gasteiger partial charge in [-0.1, -0.05) is 58.7 Å². The van der Waals surface area contributed by atoms with Gasteiger partial charge in [0, 0.05) is 34.8 Å². The van der Waals surface area contributed by atoms with Crippen molar-refractivity contribution in [3.8, 4) is 11.1 Å². The summed E-state index contributed by atoms with van der Waals surface area (Å²) in [7, 11) is 0. The van der Waals surface area contributed by atoms with Crippen molar-refractivity contribution in [2.24, 2.45) is 0 Å². The SMILES string of the molecule is Clc1cccc(C[n+]2cc(-c3ccccc3)cc(N3CCOCC3)n2)c1. The smallest absolute Gasteiger partial charge is 0.204 e. The van der Waals surface area contributed by atoms with E-state index in [1.807, 2.05) is 28.9 Å². The Hall–Kier alpha value is -2.43. The van der Waals surface area contributed by atoms with E-state index in [0.29, 0.717) is 6.54 Å². The van der Waals surface area contributed by atoms with Crippen molar-refractivity contribution >= 4 is 17.4 Å². The minimum atomic E-state index is 0.679. The van der Waals surface area contributed by atoms with Gasteiger partial charge in [0.05, 0.1) is 18.8 Å². The summed E-state index contributed by atoms with van der Waals surface area (Å²) in [5.74, 6) is 0.983. The Morgan fingerprint density at radius 2 is 1.77 bits per heavy atom. The van der Waals surface area contributed by atoms with Crippen LogP contribution in [0.3, 0.4) is 0 Å². The molecule has 0 amide bonds. The Bertz CT molecular complexity index is 879. The van der Waals surface area contributed by atoms with Crippen molar-refractivity contribution in [2.45, 2.75) is 6.54 Å². The van der Waals surface area contributed by atoms with E-state index in [4.69, 9.17) is 21.4 Å². The summed E-state index contributed by atoms with van der Waals surface area (Å²) in [6, 6.07) is 20.5. The van der Waals surface area contributed by atoms with Crippen LogP contribution in [0.2, 0.25) is 5.02 Å². The van der Waals surface area contributed by atoms with Crippen LogP contribution in [0.25, 0.3) is 11.1 Å². The van der Waals surface area contributed by atoms with Crippen LogP contribution in [0.15, 0.2) is 66.9 Å². The summed E-state index contributed by atoms with van der Waals surface area (Å²) in [5.41, 5.74) is 3.47. The molecular formula is C21H21ClN3O+. The average molecular weight is 367 g/mol. The lowest BCUT2D eigenvalue weighted by atomic mass is 10.1. The quantitative estimate of drug-likeness (QED) is 0.661. The third-order valence-corrected chi connectivity index (χ3v) is 4.71. The van der Waals surface area contributed by atoms with E-state index in [1.54, 1.807) is 0 Å². The Balaban J connectivity index is 1.72. The van der Waals surface area contributed by atoms with Gasteiger partial charge in [-0.15, -0.1) is 0 Å². The van der Waals surface area contributed by atoms with Gasteiger partial charge < -0.3 is 9.64 Å². The van der Waals surface area contributed by atoms with Crippen LogP contribution in [0, 0.1) is 0 Å². The standard InChI is InChI=1S/C21H21ClN3O/c22-20-8-4-5-17(13-20)15-25-16-19(18-6-2-1-3-7-18)14-21(23-25)24-9-11-26-12-10-24/h1-8,13-14,16H,9-12,15H2/q+1. The molecule has 1 aliphatic heterocycles. The van der Waals surface area contributed by atoms with Crippen molar-refractivity contribution in [1.82, 2.24) is 5.10 Å².